The number of anilines is 1. The second kappa shape index (κ2) is 4.59. The van der Waals surface area contributed by atoms with Crippen molar-refractivity contribution in [1.29, 1.82) is 0 Å². The number of nitrogens with zero attached hydrogens (tertiary/aromatic N) is 3. The molecule has 0 atom stereocenters. The van der Waals surface area contributed by atoms with Crippen LogP contribution in [-0.2, 0) is 22.5 Å². The second-order valence-electron chi connectivity index (χ2n) is 2.70. The Morgan fingerprint density at radius 3 is 2.79 bits per heavy atom. The van der Waals surface area contributed by atoms with Gasteiger partial charge in [-0.05, 0) is 6.92 Å². The van der Waals surface area contributed by atoms with Crippen molar-refractivity contribution in [1.82, 2.24) is 14.8 Å². The highest BCUT2D eigenvalue weighted by molar-refractivity contribution is 5.69. The summed E-state index contributed by atoms with van der Waals surface area (Å²) in [5.74, 6) is 0.522. The third-order valence-electron chi connectivity index (χ3n) is 1.64. The van der Waals surface area contributed by atoms with E-state index in [1.807, 2.05) is 6.92 Å². The van der Waals surface area contributed by atoms with E-state index in [2.05, 4.69) is 10.1 Å². The number of carbonyl (C=O) groups is 1. The number of nitrogens with two attached hydrogens (primary N) is 1. The molecule has 0 fully saturated rings. The van der Waals surface area contributed by atoms with E-state index >= 15 is 0 Å². The van der Waals surface area contributed by atoms with Crippen molar-refractivity contribution in [2.45, 2.75) is 26.8 Å². The van der Waals surface area contributed by atoms with E-state index in [0.29, 0.717) is 18.9 Å². The molecule has 6 nitrogen and oxygen atoms in total. The maximum Gasteiger partial charge on any atom is 0.327 e. The lowest BCUT2D eigenvalue weighted by atomic mass is 10.5. The summed E-state index contributed by atoms with van der Waals surface area (Å²) < 4.78 is 6.10. The van der Waals surface area contributed by atoms with E-state index in [9.17, 15) is 4.79 Å². The van der Waals surface area contributed by atoms with Crippen LogP contribution in [0, 0.1) is 0 Å². The van der Waals surface area contributed by atoms with Crippen LogP contribution in [-0.4, -0.2) is 27.3 Å². The van der Waals surface area contributed by atoms with Crippen LogP contribution >= 0.6 is 0 Å². The number of nitrogen functional groups attached to an aromatic ring is 1. The average Bonchev–Trinajstić information content (AvgIpc) is 2.48. The summed E-state index contributed by atoms with van der Waals surface area (Å²) in [6.07, 6.45) is 0.694. The van der Waals surface area contributed by atoms with Gasteiger partial charge in [0.15, 0.2) is 5.82 Å². The highest BCUT2D eigenvalue weighted by Crippen LogP contribution is 2.01. The van der Waals surface area contributed by atoms with Crippen molar-refractivity contribution < 1.29 is 9.53 Å². The predicted octanol–water partition coefficient (Wildman–Crippen LogP) is -0.0142. The number of rotatable bonds is 4. The normalized spacial score (nSPS) is 10.1. The zero-order valence-corrected chi connectivity index (χ0v) is 8.36. The third kappa shape index (κ3) is 2.45. The lowest BCUT2D eigenvalue weighted by molar-refractivity contribution is -0.144. The molecule has 0 unspecified atom stereocenters. The predicted molar refractivity (Wildman–Crippen MR) is 50.4 cm³/mol. The molecule has 0 spiro atoms. The van der Waals surface area contributed by atoms with E-state index < -0.39 is 0 Å². The lowest BCUT2D eigenvalue weighted by Gasteiger charge is -2.01. The summed E-state index contributed by atoms with van der Waals surface area (Å²) in [6, 6.07) is 0. The van der Waals surface area contributed by atoms with Crippen molar-refractivity contribution in [2.24, 2.45) is 0 Å². The standard InChI is InChI=1S/C8H14N4O2/c1-3-6-10-8(9)12(11-6)5-7(13)14-4-2/h3-5H2,1-2H3,(H2,9,10,11). The molecule has 0 saturated heterocycles. The highest BCUT2D eigenvalue weighted by atomic mass is 16.5. The maximum atomic E-state index is 11.1. The minimum atomic E-state index is -0.355. The van der Waals surface area contributed by atoms with E-state index in [-0.39, 0.29) is 18.5 Å². The molecule has 6 heteroatoms. The molecule has 0 aliphatic heterocycles. The minimum Gasteiger partial charge on any atom is -0.465 e. The van der Waals surface area contributed by atoms with E-state index in [1.165, 1.54) is 4.68 Å². The summed E-state index contributed by atoms with van der Waals surface area (Å²) in [4.78, 5) is 15.1. The number of ether oxygens (including phenoxy) is 1. The van der Waals surface area contributed by atoms with Crippen molar-refractivity contribution >= 4 is 11.9 Å². The number of aryl methyl sites for hydroxylation is 1. The quantitative estimate of drug-likeness (QED) is 0.688. The van der Waals surface area contributed by atoms with Gasteiger partial charge in [-0.15, -0.1) is 0 Å². The second-order valence-corrected chi connectivity index (χ2v) is 2.70. The first-order valence-corrected chi connectivity index (χ1v) is 4.52. The Kier molecular flexibility index (Phi) is 3.44. The smallest absolute Gasteiger partial charge is 0.327 e. The summed E-state index contributed by atoms with van der Waals surface area (Å²) in [5.41, 5.74) is 5.54. The molecule has 78 valence electrons. The van der Waals surface area contributed by atoms with Gasteiger partial charge >= 0.3 is 5.97 Å². The van der Waals surface area contributed by atoms with Gasteiger partial charge in [-0.2, -0.15) is 10.1 Å². The molecule has 0 saturated carbocycles. The number of esters is 1. The van der Waals surface area contributed by atoms with Crippen molar-refractivity contribution in [3.8, 4) is 0 Å². The number of hydrogen-bond donors (Lipinski definition) is 1. The number of carbonyl (C=O) groups excluding carboxylic acids is 1. The van der Waals surface area contributed by atoms with Gasteiger partial charge in [-0.1, -0.05) is 6.92 Å². The van der Waals surface area contributed by atoms with Gasteiger partial charge < -0.3 is 10.5 Å². The van der Waals surface area contributed by atoms with E-state index in [0.717, 1.165) is 0 Å². The Bertz CT molecular complexity index is 321. The largest absolute Gasteiger partial charge is 0.465 e. The zero-order valence-electron chi connectivity index (χ0n) is 8.36. The Balaban J connectivity index is 2.66. The minimum absolute atomic E-state index is 0.0205. The van der Waals surface area contributed by atoms with Crippen molar-refractivity contribution in [3.63, 3.8) is 0 Å². The number of aromatic nitrogens is 3. The average molecular weight is 198 g/mol. The molecular formula is C8H14N4O2. The Labute approximate surface area is 82.1 Å². The third-order valence-corrected chi connectivity index (χ3v) is 1.64. The molecule has 1 aromatic heterocycles. The van der Waals surface area contributed by atoms with Crippen molar-refractivity contribution in [3.05, 3.63) is 5.82 Å². The van der Waals surface area contributed by atoms with Crippen LogP contribution in [0.3, 0.4) is 0 Å². The molecule has 2 N–H and O–H groups in total. The molecule has 1 aromatic rings. The first-order valence-electron chi connectivity index (χ1n) is 4.52. The zero-order chi connectivity index (χ0) is 10.6. The van der Waals surface area contributed by atoms with Gasteiger partial charge in [0.05, 0.1) is 6.61 Å². The summed E-state index contributed by atoms with van der Waals surface area (Å²) in [7, 11) is 0. The summed E-state index contributed by atoms with van der Waals surface area (Å²) in [5, 5.41) is 4.03. The van der Waals surface area contributed by atoms with Gasteiger partial charge in [0.2, 0.25) is 5.95 Å². The molecule has 0 aliphatic carbocycles. The van der Waals surface area contributed by atoms with Crippen LogP contribution < -0.4 is 5.73 Å². The van der Waals surface area contributed by atoms with Crippen LogP contribution in [0.4, 0.5) is 5.95 Å². The molecule has 1 rings (SSSR count). The number of hydrogen-bond acceptors (Lipinski definition) is 5. The van der Waals surface area contributed by atoms with Gasteiger partial charge in [0.25, 0.3) is 0 Å². The summed E-state index contributed by atoms with van der Waals surface area (Å²) in [6.45, 7) is 4.05. The molecule has 0 bridgehead atoms. The monoisotopic (exact) mass is 198 g/mol. The Morgan fingerprint density at radius 1 is 1.57 bits per heavy atom. The summed E-state index contributed by atoms with van der Waals surface area (Å²) >= 11 is 0. The van der Waals surface area contributed by atoms with Gasteiger partial charge in [0, 0.05) is 6.42 Å². The van der Waals surface area contributed by atoms with Crippen LogP contribution in [0.15, 0.2) is 0 Å². The topological polar surface area (TPSA) is 83.0 Å². The van der Waals surface area contributed by atoms with E-state index in [1.54, 1.807) is 6.92 Å². The Hall–Kier alpha value is -1.59. The molecule has 0 radical (unpaired) electrons. The lowest BCUT2D eigenvalue weighted by Crippen LogP contribution is -2.16. The highest BCUT2D eigenvalue weighted by Gasteiger charge is 2.09. The van der Waals surface area contributed by atoms with Gasteiger partial charge in [0.1, 0.15) is 6.54 Å². The van der Waals surface area contributed by atoms with Crippen LogP contribution in [0.2, 0.25) is 0 Å². The fourth-order valence-electron chi connectivity index (χ4n) is 0.998. The maximum absolute atomic E-state index is 11.1. The fraction of sp³-hybridized carbons (Fsp3) is 0.625. The molecule has 1 heterocycles. The van der Waals surface area contributed by atoms with Gasteiger partial charge in [-0.3, -0.25) is 4.79 Å². The van der Waals surface area contributed by atoms with Crippen LogP contribution in [0.5, 0.6) is 0 Å². The SMILES string of the molecule is CCOC(=O)Cn1nc(CC)nc1N. The van der Waals surface area contributed by atoms with Crippen molar-refractivity contribution in [2.75, 3.05) is 12.3 Å². The molecule has 14 heavy (non-hydrogen) atoms. The Morgan fingerprint density at radius 2 is 2.29 bits per heavy atom. The molecular weight excluding hydrogens is 184 g/mol. The molecule has 0 aromatic carbocycles. The molecule has 0 aliphatic rings. The van der Waals surface area contributed by atoms with Gasteiger partial charge in [-0.25, -0.2) is 4.68 Å². The van der Waals surface area contributed by atoms with Crippen LogP contribution in [0.25, 0.3) is 0 Å². The fourth-order valence-corrected chi connectivity index (χ4v) is 0.998. The molecule has 0 amide bonds. The first-order chi connectivity index (χ1) is 6.67. The van der Waals surface area contributed by atoms with E-state index in [4.69, 9.17) is 10.5 Å². The van der Waals surface area contributed by atoms with Crippen LogP contribution in [0.1, 0.15) is 19.7 Å². The first kappa shape index (κ1) is 10.5.